The molecule has 1 fully saturated rings. The van der Waals surface area contributed by atoms with Crippen LogP contribution in [0, 0.1) is 11.7 Å². The smallest absolute Gasteiger partial charge is 0.314 e. The summed E-state index contributed by atoms with van der Waals surface area (Å²) >= 11 is 3.43. The number of esters is 1. The van der Waals surface area contributed by atoms with Crippen molar-refractivity contribution in [2.75, 3.05) is 13.1 Å². The summed E-state index contributed by atoms with van der Waals surface area (Å²) in [5, 5.41) is 1.99. The molecule has 3 aromatic rings. The van der Waals surface area contributed by atoms with Crippen molar-refractivity contribution in [2.24, 2.45) is 5.92 Å². The van der Waals surface area contributed by atoms with E-state index in [0.717, 1.165) is 27.4 Å². The van der Waals surface area contributed by atoms with Gasteiger partial charge in [-0.25, -0.2) is 12.8 Å². The van der Waals surface area contributed by atoms with Crippen LogP contribution in [0.3, 0.4) is 0 Å². The van der Waals surface area contributed by atoms with Crippen molar-refractivity contribution in [3.05, 3.63) is 71.0 Å². The van der Waals surface area contributed by atoms with Crippen molar-refractivity contribution in [3.63, 3.8) is 0 Å². The molecule has 1 heterocycles. The first kappa shape index (κ1) is 21.0. The third-order valence-corrected chi connectivity index (χ3v) is 7.64. The Morgan fingerprint density at radius 3 is 2.30 bits per heavy atom. The maximum Gasteiger partial charge on any atom is 0.314 e. The summed E-state index contributed by atoms with van der Waals surface area (Å²) < 4.78 is 46.3. The fourth-order valence-electron chi connectivity index (χ4n) is 3.55. The highest BCUT2D eigenvalue weighted by atomic mass is 79.9. The van der Waals surface area contributed by atoms with E-state index in [1.54, 1.807) is 6.07 Å². The highest BCUT2D eigenvalue weighted by Crippen LogP contribution is 2.28. The predicted molar refractivity (Wildman–Crippen MR) is 115 cm³/mol. The number of hydrogen-bond donors (Lipinski definition) is 0. The van der Waals surface area contributed by atoms with Crippen molar-refractivity contribution in [3.8, 4) is 5.75 Å². The molecule has 0 radical (unpaired) electrons. The monoisotopic (exact) mass is 491 g/mol. The third-order valence-electron chi connectivity index (χ3n) is 5.23. The van der Waals surface area contributed by atoms with Crippen molar-refractivity contribution < 1.29 is 22.3 Å². The number of nitrogens with zero attached hydrogens (tertiary/aromatic N) is 1. The number of carbonyl (C=O) groups is 1. The zero-order valence-corrected chi connectivity index (χ0v) is 18.3. The highest BCUT2D eigenvalue weighted by molar-refractivity contribution is 9.10. The van der Waals surface area contributed by atoms with Gasteiger partial charge in [0.1, 0.15) is 11.6 Å². The van der Waals surface area contributed by atoms with Crippen LogP contribution in [0.15, 0.2) is 70.0 Å². The number of rotatable bonds is 4. The lowest BCUT2D eigenvalue weighted by Crippen LogP contribution is -2.41. The van der Waals surface area contributed by atoms with E-state index in [4.69, 9.17) is 4.74 Å². The van der Waals surface area contributed by atoms with Gasteiger partial charge in [0.2, 0.25) is 10.0 Å². The quantitative estimate of drug-likeness (QED) is 0.390. The fraction of sp³-hybridized carbons (Fsp3) is 0.227. The summed E-state index contributed by atoms with van der Waals surface area (Å²) in [5.74, 6) is -0.747. The number of piperidine rings is 1. The molecule has 8 heteroatoms. The minimum atomic E-state index is -3.70. The lowest BCUT2D eigenvalue weighted by Gasteiger charge is -2.30. The Kier molecular flexibility index (Phi) is 5.90. The molecule has 1 aliphatic rings. The fourth-order valence-corrected chi connectivity index (χ4v) is 5.39. The average molecular weight is 492 g/mol. The molecule has 30 heavy (non-hydrogen) atoms. The molecule has 0 aliphatic carbocycles. The van der Waals surface area contributed by atoms with E-state index in [1.807, 2.05) is 30.3 Å². The lowest BCUT2D eigenvalue weighted by atomic mass is 9.98. The average Bonchev–Trinajstić information content (AvgIpc) is 2.74. The van der Waals surface area contributed by atoms with Crippen LogP contribution >= 0.6 is 15.9 Å². The molecule has 0 unspecified atom stereocenters. The van der Waals surface area contributed by atoms with E-state index >= 15 is 0 Å². The number of ether oxygens (including phenoxy) is 1. The van der Waals surface area contributed by atoms with Gasteiger partial charge in [-0.2, -0.15) is 4.31 Å². The second-order valence-electron chi connectivity index (χ2n) is 7.21. The first-order valence-electron chi connectivity index (χ1n) is 9.50. The zero-order valence-electron chi connectivity index (χ0n) is 15.9. The molecular formula is C22H19BrFNO4S. The molecule has 0 saturated carbocycles. The highest BCUT2D eigenvalue weighted by Gasteiger charge is 2.33. The molecular weight excluding hydrogens is 473 g/mol. The third kappa shape index (κ3) is 4.40. The number of benzene rings is 3. The van der Waals surface area contributed by atoms with Gasteiger partial charge in [0.05, 0.1) is 10.8 Å². The summed E-state index contributed by atoms with van der Waals surface area (Å²) in [4.78, 5) is 12.6. The van der Waals surface area contributed by atoms with E-state index in [-0.39, 0.29) is 29.9 Å². The van der Waals surface area contributed by atoms with Crippen molar-refractivity contribution >= 4 is 42.7 Å². The van der Waals surface area contributed by atoms with Crippen molar-refractivity contribution in [2.45, 2.75) is 17.7 Å². The molecule has 5 nitrogen and oxygen atoms in total. The lowest BCUT2D eigenvalue weighted by molar-refractivity contribution is -0.140. The van der Waals surface area contributed by atoms with Gasteiger partial charge in [0, 0.05) is 17.6 Å². The van der Waals surface area contributed by atoms with Gasteiger partial charge in [-0.3, -0.25) is 4.79 Å². The van der Waals surface area contributed by atoms with E-state index in [2.05, 4.69) is 15.9 Å². The summed E-state index contributed by atoms with van der Waals surface area (Å²) in [6.07, 6.45) is 0.750. The molecule has 1 aliphatic heterocycles. The summed E-state index contributed by atoms with van der Waals surface area (Å²) in [6.45, 7) is 0.427. The first-order chi connectivity index (χ1) is 14.3. The molecule has 0 atom stereocenters. The molecule has 156 valence electrons. The zero-order chi connectivity index (χ0) is 21.3. The maximum absolute atomic E-state index is 13.1. The molecule has 1 saturated heterocycles. The van der Waals surface area contributed by atoms with E-state index in [9.17, 15) is 17.6 Å². The molecule has 0 N–H and O–H groups in total. The van der Waals surface area contributed by atoms with E-state index < -0.39 is 15.8 Å². The molecule has 3 aromatic carbocycles. The van der Waals surface area contributed by atoms with Crippen LogP contribution < -0.4 is 4.74 Å². The normalized spacial score (nSPS) is 15.9. The largest absolute Gasteiger partial charge is 0.426 e. The van der Waals surface area contributed by atoms with Gasteiger partial charge in [-0.05, 0) is 72.1 Å². The van der Waals surface area contributed by atoms with Crippen molar-refractivity contribution in [1.29, 1.82) is 0 Å². The Balaban J connectivity index is 1.39. The van der Waals surface area contributed by atoms with Gasteiger partial charge in [0.25, 0.3) is 0 Å². The van der Waals surface area contributed by atoms with Gasteiger partial charge < -0.3 is 4.74 Å². The van der Waals surface area contributed by atoms with Crippen LogP contribution in [0.25, 0.3) is 10.8 Å². The Morgan fingerprint density at radius 1 is 0.967 bits per heavy atom. The summed E-state index contributed by atoms with van der Waals surface area (Å²) in [5.41, 5.74) is 0. The second-order valence-corrected chi connectivity index (χ2v) is 10.1. The van der Waals surface area contributed by atoms with Gasteiger partial charge in [0.15, 0.2) is 0 Å². The maximum atomic E-state index is 13.1. The second kappa shape index (κ2) is 8.45. The Morgan fingerprint density at radius 2 is 1.60 bits per heavy atom. The molecule has 0 spiro atoms. The predicted octanol–water partition coefficient (Wildman–Crippen LogP) is 4.75. The summed E-state index contributed by atoms with van der Waals surface area (Å²) in [6, 6.07) is 16.1. The number of carbonyl (C=O) groups excluding carboxylic acids is 1. The first-order valence-corrected chi connectivity index (χ1v) is 11.7. The Labute approximate surface area is 182 Å². The van der Waals surface area contributed by atoms with Gasteiger partial charge >= 0.3 is 5.97 Å². The van der Waals surface area contributed by atoms with Gasteiger partial charge in [-0.1, -0.05) is 28.1 Å². The summed E-state index contributed by atoms with van der Waals surface area (Å²) in [7, 11) is -3.70. The van der Waals surface area contributed by atoms with E-state index in [1.165, 1.54) is 16.4 Å². The molecule has 0 bridgehead atoms. The molecule has 0 aromatic heterocycles. The number of halogens is 2. The number of sulfonamides is 1. The van der Waals surface area contributed by atoms with Crippen LogP contribution in [0.4, 0.5) is 4.39 Å². The molecule has 0 amide bonds. The van der Waals surface area contributed by atoms with E-state index in [0.29, 0.717) is 18.6 Å². The van der Waals surface area contributed by atoms with Crippen LogP contribution in [0.1, 0.15) is 12.8 Å². The van der Waals surface area contributed by atoms with Crippen molar-refractivity contribution in [1.82, 2.24) is 4.31 Å². The van der Waals surface area contributed by atoms with Crippen LogP contribution in [0.5, 0.6) is 5.75 Å². The number of fused-ring (bicyclic) bond motifs is 1. The van der Waals surface area contributed by atoms with Crippen LogP contribution in [-0.2, 0) is 14.8 Å². The minimum absolute atomic E-state index is 0.0488. The minimum Gasteiger partial charge on any atom is -0.426 e. The van der Waals surface area contributed by atoms with Crippen LogP contribution in [-0.4, -0.2) is 31.8 Å². The molecule has 4 rings (SSSR count). The Bertz CT molecular complexity index is 1190. The number of hydrogen-bond acceptors (Lipinski definition) is 4. The van der Waals surface area contributed by atoms with Gasteiger partial charge in [-0.15, -0.1) is 0 Å². The SMILES string of the molecule is O=C(Oc1ccc2cc(Br)ccc2c1)C1CCN(S(=O)(=O)c2ccc(F)cc2)CC1. The Hall–Kier alpha value is -2.29. The van der Waals surface area contributed by atoms with Crippen LogP contribution in [0.2, 0.25) is 0 Å². The topological polar surface area (TPSA) is 63.7 Å². The standard InChI is InChI=1S/C22H19BrFNO4S/c23-18-3-1-17-14-20(6-2-16(17)13-18)29-22(26)15-9-11-25(12-10-15)30(27,28)21-7-4-19(24)5-8-21/h1-8,13-15H,9-12H2.